The number of carbonyl (C=O) groups excluding carboxylic acids is 1. The number of halogens is 1. The van der Waals surface area contributed by atoms with E-state index in [0.29, 0.717) is 10.4 Å². The Kier molecular flexibility index (Phi) is 3.39. The van der Waals surface area contributed by atoms with Crippen LogP contribution in [0, 0.1) is 5.41 Å². The van der Waals surface area contributed by atoms with E-state index < -0.39 is 5.41 Å². The van der Waals surface area contributed by atoms with E-state index >= 15 is 0 Å². The van der Waals surface area contributed by atoms with Crippen LogP contribution < -0.4 is 5.73 Å². The molecule has 2 aromatic rings. The van der Waals surface area contributed by atoms with Crippen molar-refractivity contribution >= 4 is 33.2 Å². The van der Waals surface area contributed by atoms with Crippen LogP contribution in [0.2, 0.25) is 0 Å². The van der Waals surface area contributed by atoms with Gasteiger partial charge in [0.1, 0.15) is 15.9 Å². The van der Waals surface area contributed by atoms with E-state index in [1.165, 1.54) is 7.11 Å². The standard InChI is InChI=1S/C14H17BrN4O2/c1-14(13(20)21-2)4-3-8(7-14)12-18-10(15)9-11(16)17-5-6-19(9)12/h5-6,8H,3-4,7H2,1-2H3,(H2,16,17)/t8-,14?/m1/s1. The molecule has 0 aliphatic heterocycles. The average molecular weight is 353 g/mol. The fraction of sp³-hybridized carbons (Fsp3) is 0.500. The number of anilines is 1. The zero-order valence-electron chi connectivity index (χ0n) is 12.0. The second-order valence-electron chi connectivity index (χ2n) is 5.78. The van der Waals surface area contributed by atoms with E-state index in [0.717, 1.165) is 30.6 Å². The maximum atomic E-state index is 11.9. The molecule has 2 heterocycles. The van der Waals surface area contributed by atoms with E-state index in [9.17, 15) is 4.79 Å². The lowest BCUT2D eigenvalue weighted by Gasteiger charge is -2.20. The molecule has 1 unspecified atom stereocenters. The lowest BCUT2D eigenvalue weighted by molar-refractivity contribution is -0.151. The maximum absolute atomic E-state index is 11.9. The van der Waals surface area contributed by atoms with E-state index in [1.54, 1.807) is 6.20 Å². The third kappa shape index (κ3) is 2.19. The highest BCUT2D eigenvalue weighted by molar-refractivity contribution is 9.10. The number of aromatic nitrogens is 3. The maximum Gasteiger partial charge on any atom is 0.311 e. The summed E-state index contributed by atoms with van der Waals surface area (Å²) in [5.74, 6) is 1.41. The van der Waals surface area contributed by atoms with Crippen LogP contribution in [0.15, 0.2) is 17.0 Å². The molecule has 0 saturated heterocycles. The summed E-state index contributed by atoms with van der Waals surface area (Å²) in [6.45, 7) is 1.96. The fourth-order valence-corrected chi connectivity index (χ4v) is 3.80. The molecule has 112 valence electrons. The van der Waals surface area contributed by atoms with E-state index in [4.69, 9.17) is 10.5 Å². The van der Waals surface area contributed by atoms with Crippen LogP contribution in [-0.2, 0) is 9.53 Å². The van der Waals surface area contributed by atoms with Gasteiger partial charge in [0.05, 0.1) is 12.5 Å². The van der Waals surface area contributed by atoms with Gasteiger partial charge in [-0.3, -0.25) is 9.20 Å². The van der Waals surface area contributed by atoms with Crippen molar-refractivity contribution in [1.82, 2.24) is 14.4 Å². The Balaban J connectivity index is 2.00. The number of fused-ring (bicyclic) bond motifs is 1. The molecule has 1 saturated carbocycles. The van der Waals surface area contributed by atoms with Crippen molar-refractivity contribution in [2.45, 2.75) is 32.1 Å². The van der Waals surface area contributed by atoms with Crippen LogP contribution in [0.3, 0.4) is 0 Å². The number of hydrogen-bond acceptors (Lipinski definition) is 5. The summed E-state index contributed by atoms with van der Waals surface area (Å²) in [4.78, 5) is 20.6. The molecular formula is C14H17BrN4O2. The quantitative estimate of drug-likeness (QED) is 0.839. The number of carbonyl (C=O) groups is 1. The zero-order chi connectivity index (χ0) is 15.2. The molecule has 0 aromatic carbocycles. The Morgan fingerprint density at radius 1 is 1.62 bits per heavy atom. The van der Waals surface area contributed by atoms with Gasteiger partial charge < -0.3 is 10.5 Å². The molecule has 1 aliphatic rings. The first-order valence-electron chi connectivity index (χ1n) is 6.82. The molecule has 0 bridgehead atoms. The number of imidazole rings is 1. The third-order valence-corrected chi connectivity index (χ3v) is 4.91. The molecule has 1 fully saturated rings. The minimum absolute atomic E-state index is 0.147. The lowest BCUT2D eigenvalue weighted by atomic mass is 9.88. The number of ether oxygens (including phenoxy) is 1. The van der Waals surface area contributed by atoms with Gasteiger partial charge in [-0.2, -0.15) is 0 Å². The van der Waals surface area contributed by atoms with Crippen LogP contribution in [0.1, 0.15) is 37.9 Å². The number of nitrogen functional groups attached to an aromatic ring is 1. The predicted molar refractivity (Wildman–Crippen MR) is 81.8 cm³/mol. The Morgan fingerprint density at radius 3 is 3.10 bits per heavy atom. The molecule has 0 spiro atoms. The lowest BCUT2D eigenvalue weighted by Crippen LogP contribution is -2.26. The van der Waals surface area contributed by atoms with Crippen LogP contribution in [-0.4, -0.2) is 27.4 Å². The number of methoxy groups -OCH3 is 1. The largest absolute Gasteiger partial charge is 0.469 e. The summed E-state index contributed by atoms with van der Waals surface area (Å²) < 4.78 is 7.58. The van der Waals surface area contributed by atoms with Crippen LogP contribution >= 0.6 is 15.9 Å². The van der Waals surface area contributed by atoms with Gasteiger partial charge in [-0.25, -0.2) is 9.97 Å². The van der Waals surface area contributed by atoms with Gasteiger partial charge in [0, 0.05) is 18.3 Å². The van der Waals surface area contributed by atoms with Gasteiger partial charge in [0.25, 0.3) is 0 Å². The molecule has 0 amide bonds. The van der Waals surface area contributed by atoms with E-state index in [1.807, 2.05) is 17.5 Å². The van der Waals surface area contributed by atoms with Crippen molar-refractivity contribution in [2.24, 2.45) is 5.41 Å². The first-order chi connectivity index (χ1) is 9.96. The minimum atomic E-state index is -0.434. The molecule has 1 aliphatic carbocycles. The zero-order valence-corrected chi connectivity index (χ0v) is 13.6. The molecule has 2 atom stereocenters. The smallest absolute Gasteiger partial charge is 0.311 e. The highest BCUT2D eigenvalue weighted by Crippen LogP contribution is 2.47. The minimum Gasteiger partial charge on any atom is -0.469 e. The molecule has 6 nitrogen and oxygen atoms in total. The molecular weight excluding hydrogens is 336 g/mol. The average Bonchev–Trinajstić information content (AvgIpc) is 3.01. The molecule has 21 heavy (non-hydrogen) atoms. The Labute approximate surface area is 130 Å². The van der Waals surface area contributed by atoms with E-state index in [-0.39, 0.29) is 11.9 Å². The summed E-state index contributed by atoms with van der Waals surface area (Å²) in [5, 5.41) is 0. The van der Waals surface area contributed by atoms with Crippen molar-refractivity contribution in [3.63, 3.8) is 0 Å². The molecule has 3 rings (SSSR count). The number of rotatable bonds is 2. The Hall–Kier alpha value is -1.63. The fourth-order valence-electron chi connectivity index (χ4n) is 3.22. The predicted octanol–water partition coefficient (Wildman–Crippen LogP) is 2.52. The number of nitrogens with two attached hydrogens (primary N) is 1. The first kappa shape index (κ1) is 14.3. The van der Waals surface area contributed by atoms with Crippen molar-refractivity contribution in [1.29, 1.82) is 0 Å². The van der Waals surface area contributed by atoms with Gasteiger partial charge >= 0.3 is 5.97 Å². The molecule has 2 aromatic heterocycles. The highest BCUT2D eigenvalue weighted by Gasteiger charge is 2.44. The summed E-state index contributed by atoms with van der Waals surface area (Å²) in [5.41, 5.74) is 6.26. The summed E-state index contributed by atoms with van der Waals surface area (Å²) in [6.07, 6.45) is 5.95. The summed E-state index contributed by atoms with van der Waals surface area (Å²) in [7, 11) is 1.44. The Bertz CT molecular complexity index is 714. The normalized spacial score (nSPS) is 25.4. The monoisotopic (exact) mass is 352 g/mol. The molecule has 7 heteroatoms. The van der Waals surface area contributed by atoms with Gasteiger partial charge in [0.15, 0.2) is 5.82 Å². The van der Waals surface area contributed by atoms with Crippen molar-refractivity contribution in [3.8, 4) is 0 Å². The first-order valence-corrected chi connectivity index (χ1v) is 7.62. The topological polar surface area (TPSA) is 82.5 Å². The number of nitrogens with zero attached hydrogens (tertiary/aromatic N) is 3. The molecule has 2 N–H and O–H groups in total. The highest BCUT2D eigenvalue weighted by atomic mass is 79.9. The summed E-state index contributed by atoms with van der Waals surface area (Å²) >= 11 is 3.44. The van der Waals surface area contributed by atoms with Crippen molar-refractivity contribution in [3.05, 3.63) is 22.8 Å². The van der Waals surface area contributed by atoms with Gasteiger partial charge in [0.2, 0.25) is 0 Å². The van der Waals surface area contributed by atoms with Crippen LogP contribution in [0.5, 0.6) is 0 Å². The van der Waals surface area contributed by atoms with Gasteiger partial charge in [-0.15, -0.1) is 0 Å². The van der Waals surface area contributed by atoms with Gasteiger partial charge in [-0.05, 0) is 42.1 Å². The number of hydrogen-bond donors (Lipinski definition) is 1. The van der Waals surface area contributed by atoms with Crippen molar-refractivity contribution in [2.75, 3.05) is 12.8 Å². The SMILES string of the molecule is COC(=O)C1(C)CC[C@@H](c2nc(Br)c3c(N)nccn23)C1. The second-order valence-corrected chi connectivity index (χ2v) is 6.54. The number of esters is 1. The van der Waals surface area contributed by atoms with Crippen LogP contribution in [0.4, 0.5) is 5.82 Å². The van der Waals surface area contributed by atoms with Crippen molar-refractivity contribution < 1.29 is 9.53 Å². The third-order valence-electron chi connectivity index (χ3n) is 4.35. The Morgan fingerprint density at radius 2 is 2.38 bits per heavy atom. The van der Waals surface area contributed by atoms with Crippen LogP contribution in [0.25, 0.3) is 5.52 Å². The second kappa shape index (κ2) is 4.98. The summed E-state index contributed by atoms with van der Waals surface area (Å²) in [6, 6.07) is 0. The van der Waals surface area contributed by atoms with E-state index in [2.05, 4.69) is 25.9 Å². The van der Waals surface area contributed by atoms with Gasteiger partial charge in [-0.1, -0.05) is 0 Å². The molecule has 0 radical (unpaired) electrons.